The van der Waals surface area contributed by atoms with Crippen LogP contribution in [0, 0.1) is 0 Å². The van der Waals surface area contributed by atoms with Gasteiger partial charge < -0.3 is 0 Å². The first-order chi connectivity index (χ1) is 6.43. The Kier molecular flexibility index (Phi) is 6.15. The van der Waals surface area contributed by atoms with Crippen LogP contribution in [0.5, 0.6) is 0 Å². The Bertz CT molecular complexity index is 111. The van der Waals surface area contributed by atoms with Gasteiger partial charge in [-0.2, -0.15) is 0 Å². The summed E-state index contributed by atoms with van der Waals surface area (Å²) in [4.78, 5) is 9.49. The average Bonchev–Trinajstić information content (AvgIpc) is 2.63. The van der Waals surface area contributed by atoms with E-state index < -0.39 is 0 Å². The molecule has 1 unspecified atom stereocenters. The fourth-order valence-corrected chi connectivity index (χ4v) is 1.50. The van der Waals surface area contributed by atoms with Crippen molar-refractivity contribution in [3.05, 3.63) is 0 Å². The van der Waals surface area contributed by atoms with Crippen LogP contribution in [-0.2, 0) is 14.8 Å². The van der Waals surface area contributed by atoms with E-state index in [1.54, 1.807) is 0 Å². The molecule has 0 N–H and O–H groups in total. The number of unbranched alkanes of at least 4 members (excludes halogenated alkanes) is 5. The fraction of sp³-hybridized carbons (Fsp3) is 1.00. The molecule has 3 nitrogen and oxygen atoms in total. The largest absolute Gasteiger partial charge is 0.203 e. The van der Waals surface area contributed by atoms with Gasteiger partial charge in [-0.3, -0.25) is 0 Å². The highest BCUT2D eigenvalue weighted by atomic mass is 17.5. The van der Waals surface area contributed by atoms with Crippen molar-refractivity contribution in [2.75, 3.05) is 6.61 Å². The van der Waals surface area contributed by atoms with Crippen LogP contribution in [0.1, 0.15) is 51.9 Å². The second-order valence-corrected chi connectivity index (χ2v) is 3.63. The van der Waals surface area contributed by atoms with Gasteiger partial charge in [0.15, 0.2) is 0 Å². The summed E-state index contributed by atoms with van der Waals surface area (Å²) in [6, 6.07) is 0. The first kappa shape index (κ1) is 11.0. The highest BCUT2D eigenvalue weighted by molar-refractivity contribution is 4.56. The summed E-state index contributed by atoms with van der Waals surface area (Å²) >= 11 is 0. The molecule has 1 aliphatic rings. The van der Waals surface area contributed by atoms with Crippen LogP contribution in [0.2, 0.25) is 0 Å². The molecule has 1 fully saturated rings. The minimum atomic E-state index is 0.172. The molecule has 1 aliphatic heterocycles. The lowest BCUT2D eigenvalue weighted by Crippen LogP contribution is -2.08. The third-order valence-corrected chi connectivity index (χ3v) is 2.36. The van der Waals surface area contributed by atoms with E-state index in [9.17, 15) is 0 Å². The van der Waals surface area contributed by atoms with Gasteiger partial charge in [-0.1, -0.05) is 50.5 Å². The lowest BCUT2D eigenvalue weighted by atomic mass is 10.1. The average molecular weight is 188 g/mol. The molecule has 0 radical (unpaired) electrons. The lowest BCUT2D eigenvalue weighted by molar-refractivity contribution is -0.460. The molecule has 0 bridgehead atoms. The summed E-state index contributed by atoms with van der Waals surface area (Å²) in [6.45, 7) is 2.83. The molecular weight excluding hydrogens is 168 g/mol. The van der Waals surface area contributed by atoms with Gasteiger partial charge in [0.2, 0.25) is 0 Å². The van der Waals surface area contributed by atoms with Crippen LogP contribution in [-0.4, -0.2) is 12.7 Å². The van der Waals surface area contributed by atoms with Crippen LogP contribution >= 0.6 is 0 Å². The van der Waals surface area contributed by atoms with Crippen molar-refractivity contribution in [3.63, 3.8) is 0 Å². The predicted molar refractivity (Wildman–Crippen MR) is 49.9 cm³/mol. The standard InChI is InChI=1S/C10H20O3/c1-2-3-4-5-6-7-8-10-9-11-13-12-10/h10H,2-9H2,1H3. The van der Waals surface area contributed by atoms with Crippen molar-refractivity contribution in [1.29, 1.82) is 0 Å². The van der Waals surface area contributed by atoms with Gasteiger partial charge in [-0.15, -0.1) is 0 Å². The molecule has 0 saturated carbocycles. The highest BCUT2D eigenvalue weighted by Crippen LogP contribution is 2.14. The van der Waals surface area contributed by atoms with Crippen molar-refractivity contribution >= 4 is 0 Å². The molecule has 0 aromatic carbocycles. The Morgan fingerprint density at radius 3 is 2.54 bits per heavy atom. The molecule has 0 spiro atoms. The molecule has 78 valence electrons. The number of rotatable bonds is 7. The molecule has 0 aliphatic carbocycles. The second kappa shape index (κ2) is 7.30. The maximum absolute atomic E-state index is 4.86. The van der Waals surface area contributed by atoms with Gasteiger partial charge in [0.25, 0.3) is 0 Å². The van der Waals surface area contributed by atoms with Crippen molar-refractivity contribution in [2.24, 2.45) is 0 Å². The summed E-state index contributed by atoms with van der Waals surface area (Å²) in [5.41, 5.74) is 0. The summed E-state index contributed by atoms with van der Waals surface area (Å²) in [5, 5.41) is 4.35. The van der Waals surface area contributed by atoms with Crippen LogP contribution in [0.3, 0.4) is 0 Å². The van der Waals surface area contributed by atoms with Crippen molar-refractivity contribution in [2.45, 2.75) is 58.0 Å². The maximum atomic E-state index is 4.86. The quantitative estimate of drug-likeness (QED) is 0.454. The normalized spacial score (nSPS) is 22.4. The van der Waals surface area contributed by atoms with Gasteiger partial charge in [-0.25, -0.2) is 9.78 Å². The maximum Gasteiger partial charge on any atom is 0.123 e. The molecular formula is C10H20O3. The van der Waals surface area contributed by atoms with E-state index in [-0.39, 0.29) is 6.10 Å². The third-order valence-electron chi connectivity index (χ3n) is 2.36. The first-order valence-corrected chi connectivity index (χ1v) is 5.38. The van der Waals surface area contributed by atoms with Gasteiger partial charge in [0.05, 0.1) is 0 Å². The van der Waals surface area contributed by atoms with Gasteiger partial charge in [0.1, 0.15) is 12.7 Å². The van der Waals surface area contributed by atoms with E-state index >= 15 is 0 Å². The molecule has 0 aromatic rings. The Morgan fingerprint density at radius 1 is 1.08 bits per heavy atom. The fourth-order valence-electron chi connectivity index (χ4n) is 1.50. The zero-order valence-electron chi connectivity index (χ0n) is 8.46. The van der Waals surface area contributed by atoms with E-state index in [1.807, 2.05) is 0 Å². The Labute approximate surface area is 80.2 Å². The molecule has 1 saturated heterocycles. The predicted octanol–water partition coefficient (Wildman–Crippen LogP) is 3.00. The van der Waals surface area contributed by atoms with Crippen molar-refractivity contribution < 1.29 is 14.8 Å². The third kappa shape index (κ3) is 5.24. The minimum absolute atomic E-state index is 0.172. The number of hydrogen-bond donors (Lipinski definition) is 0. The summed E-state index contributed by atoms with van der Waals surface area (Å²) < 4.78 is 0. The highest BCUT2D eigenvalue weighted by Gasteiger charge is 2.17. The van der Waals surface area contributed by atoms with Gasteiger partial charge >= 0.3 is 0 Å². The smallest absolute Gasteiger partial charge is 0.123 e. The number of hydrogen-bond acceptors (Lipinski definition) is 3. The Morgan fingerprint density at radius 2 is 1.85 bits per heavy atom. The van der Waals surface area contributed by atoms with E-state index in [4.69, 9.17) is 4.89 Å². The zero-order chi connectivity index (χ0) is 9.36. The summed E-state index contributed by atoms with van der Waals surface area (Å²) in [6.07, 6.45) is 9.16. The SMILES string of the molecule is CCCCCCCCC1COOO1. The van der Waals surface area contributed by atoms with E-state index in [0.717, 1.165) is 6.42 Å². The van der Waals surface area contributed by atoms with Crippen molar-refractivity contribution in [1.82, 2.24) is 0 Å². The van der Waals surface area contributed by atoms with Crippen LogP contribution < -0.4 is 0 Å². The van der Waals surface area contributed by atoms with Gasteiger partial charge in [0, 0.05) is 0 Å². The van der Waals surface area contributed by atoms with Crippen LogP contribution in [0.15, 0.2) is 0 Å². The Hall–Kier alpha value is -0.120. The molecule has 1 atom stereocenters. The van der Waals surface area contributed by atoms with Crippen molar-refractivity contribution in [3.8, 4) is 0 Å². The lowest BCUT2D eigenvalue weighted by Gasteiger charge is -2.03. The van der Waals surface area contributed by atoms with Crippen LogP contribution in [0.25, 0.3) is 0 Å². The molecule has 1 rings (SSSR count). The molecule has 0 amide bonds. The monoisotopic (exact) mass is 188 g/mol. The molecule has 0 aromatic heterocycles. The van der Waals surface area contributed by atoms with E-state index in [0.29, 0.717) is 6.61 Å². The van der Waals surface area contributed by atoms with E-state index in [2.05, 4.69) is 16.8 Å². The topological polar surface area (TPSA) is 27.7 Å². The molecule has 3 heteroatoms. The molecule has 13 heavy (non-hydrogen) atoms. The second-order valence-electron chi connectivity index (χ2n) is 3.63. The summed E-state index contributed by atoms with van der Waals surface area (Å²) in [5.74, 6) is 0. The molecule has 1 heterocycles. The van der Waals surface area contributed by atoms with Gasteiger partial charge in [-0.05, 0) is 6.42 Å². The van der Waals surface area contributed by atoms with Crippen LogP contribution in [0.4, 0.5) is 0 Å². The Balaban J connectivity index is 1.78. The minimum Gasteiger partial charge on any atom is -0.203 e. The van der Waals surface area contributed by atoms with E-state index in [1.165, 1.54) is 38.5 Å². The summed E-state index contributed by atoms with van der Waals surface area (Å²) in [7, 11) is 0. The first-order valence-electron chi connectivity index (χ1n) is 5.38. The zero-order valence-corrected chi connectivity index (χ0v) is 8.46.